The van der Waals surface area contributed by atoms with Crippen LogP contribution in [-0.2, 0) is 14.8 Å². The zero-order chi connectivity index (χ0) is 23.0. The Kier molecular flexibility index (Phi) is 8.43. The van der Waals surface area contributed by atoms with Crippen LogP contribution in [0.4, 0.5) is 4.39 Å². The third kappa shape index (κ3) is 6.91. The minimum absolute atomic E-state index is 0.00236. The monoisotopic (exact) mass is 466 g/mol. The van der Waals surface area contributed by atoms with Gasteiger partial charge in [-0.15, -0.1) is 0 Å². The summed E-state index contributed by atoms with van der Waals surface area (Å²) in [4.78, 5) is 12.0. The van der Waals surface area contributed by atoms with E-state index in [0.29, 0.717) is 49.5 Å². The minimum Gasteiger partial charge on any atom is -0.486 e. The molecule has 0 aromatic heterocycles. The van der Waals surface area contributed by atoms with E-state index in [2.05, 4.69) is 10.0 Å². The van der Waals surface area contributed by atoms with Crippen molar-refractivity contribution in [2.75, 3.05) is 26.3 Å². The summed E-state index contributed by atoms with van der Waals surface area (Å²) in [6.07, 6.45) is 1.08. The van der Waals surface area contributed by atoms with Crippen molar-refractivity contribution >= 4 is 15.9 Å². The van der Waals surface area contributed by atoms with Gasteiger partial charge in [-0.05, 0) is 42.7 Å². The first-order valence-corrected chi connectivity index (χ1v) is 11.9. The molecule has 3 N–H and O–H groups in total. The van der Waals surface area contributed by atoms with Gasteiger partial charge in [0.25, 0.3) is 0 Å². The van der Waals surface area contributed by atoms with Gasteiger partial charge in [-0.1, -0.05) is 18.6 Å². The molecule has 0 saturated carbocycles. The lowest BCUT2D eigenvalue weighted by atomic mass is 10.1. The Balaban J connectivity index is 1.32. The third-order valence-electron chi connectivity index (χ3n) is 4.92. The number of amides is 1. The second kappa shape index (κ2) is 11.3. The van der Waals surface area contributed by atoms with Gasteiger partial charge in [-0.3, -0.25) is 4.79 Å². The number of fused-ring (bicyclic) bond motifs is 1. The summed E-state index contributed by atoms with van der Waals surface area (Å²) in [7, 11) is -3.66. The van der Waals surface area contributed by atoms with Crippen LogP contribution in [0.25, 0.3) is 0 Å². The molecular formula is C22H27FN2O6S. The van der Waals surface area contributed by atoms with Crippen LogP contribution in [0, 0.1) is 5.82 Å². The Morgan fingerprint density at radius 2 is 1.84 bits per heavy atom. The van der Waals surface area contributed by atoms with E-state index in [1.165, 1.54) is 30.3 Å². The molecule has 1 unspecified atom stereocenters. The van der Waals surface area contributed by atoms with Crippen molar-refractivity contribution in [1.29, 1.82) is 0 Å². The number of aliphatic hydroxyl groups is 1. The van der Waals surface area contributed by atoms with Gasteiger partial charge >= 0.3 is 0 Å². The molecule has 0 spiro atoms. The van der Waals surface area contributed by atoms with Gasteiger partial charge in [0.2, 0.25) is 15.9 Å². The predicted molar refractivity (Wildman–Crippen MR) is 115 cm³/mol. The standard InChI is InChI=1S/C22H27FN2O6S/c23-17-6-4-5-16(13-17)19(26)15-24-22(27)7-2-1-3-10-25-32(28,29)18-8-9-20-21(14-18)31-12-11-30-20/h4-6,8-9,13-14,19,25-26H,1-3,7,10-12,15H2,(H,24,27). The maximum atomic E-state index is 13.2. The van der Waals surface area contributed by atoms with E-state index in [1.54, 1.807) is 12.1 Å². The molecule has 1 amide bonds. The van der Waals surface area contributed by atoms with Gasteiger partial charge in [0.05, 0.1) is 11.0 Å². The number of carbonyl (C=O) groups excluding carboxylic acids is 1. The van der Waals surface area contributed by atoms with Crippen molar-refractivity contribution in [3.05, 3.63) is 53.8 Å². The highest BCUT2D eigenvalue weighted by atomic mass is 32.2. The molecule has 0 bridgehead atoms. The first kappa shape index (κ1) is 24.0. The number of hydrogen-bond donors (Lipinski definition) is 3. The topological polar surface area (TPSA) is 114 Å². The zero-order valence-corrected chi connectivity index (χ0v) is 18.4. The molecule has 1 aliphatic heterocycles. The van der Waals surface area contributed by atoms with E-state index in [-0.39, 0.29) is 30.3 Å². The van der Waals surface area contributed by atoms with E-state index >= 15 is 0 Å². The number of carbonyl (C=O) groups is 1. The molecule has 8 nitrogen and oxygen atoms in total. The van der Waals surface area contributed by atoms with Gasteiger partial charge in [0.1, 0.15) is 19.0 Å². The maximum Gasteiger partial charge on any atom is 0.240 e. The molecular weight excluding hydrogens is 439 g/mol. The molecule has 0 radical (unpaired) electrons. The van der Waals surface area contributed by atoms with E-state index in [0.717, 1.165) is 0 Å². The Morgan fingerprint density at radius 1 is 1.06 bits per heavy atom. The number of ether oxygens (including phenoxy) is 2. The zero-order valence-electron chi connectivity index (χ0n) is 17.6. The second-order valence-electron chi connectivity index (χ2n) is 7.39. The molecule has 32 heavy (non-hydrogen) atoms. The van der Waals surface area contributed by atoms with Crippen LogP contribution in [0.5, 0.6) is 11.5 Å². The highest BCUT2D eigenvalue weighted by Crippen LogP contribution is 2.32. The number of sulfonamides is 1. The second-order valence-corrected chi connectivity index (χ2v) is 9.16. The Hall–Kier alpha value is -2.69. The van der Waals surface area contributed by atoms with Gasteiger partial charge in [0, 0.05) is 25.6 Å². The molecule has 0 saturated heterocycles. The smallest absolute Gasteiger partial charge is 0.240 e. The summed E-state index contributed by atoms with van der Waals surface area (Å²) in [6, 6.07) is 10.1. The van der Waals surface area contributed by atoms with E-state index in [1.807, 2.05) is 0 Å². The quantitative estimate of drug-likeness (QED) is 0.438. The molecule has 0 fully saturated rings. The summed E-state index contributed by atoms with van der Waals surface area (Å²) in [5.74, 6) is 0.263. The Bertz CT molecular complexity index is 1030. The fourth-order valence-corrected chi connectivity index (χ4v) is 4.29. The van der Waals surface area contributed by atoms with E-state index in [9.17, 15) is 22.7 Å². The van der Waals surface area contributed by atoms with Gasteiger partial charge in [-0.2, -0.15) is 0 Å². The van der Waals surface area contributed by atoms with Crippen molar-refractivity contribution < 1.29 is 32.2 Å². The summed E-state index contributed by atoms with van der Waals surface area (Å²) in [5, 5.41) is 12.6. The van der Waals surface area contributed by atoms with Crippen molar-refractivity contribution in [3.8, 4) is 11.5 Å². The fraction of sp³-hybridized carbons (Fsp3) is 0.409. The molecule has 2 aromatic rings. The Labute approximate surface area is 186 Å². The average molecular weight is 467 g/mol. The highest BCUT2D eigenvalue weighted by Gasteiger charge is 2.19. The van der Waals surface area contributed by atoms with E-state index in [4.69, 9.17) is 9.47 Å². The number of hydrogen-bond acceptors (Lipinski definition) is 6. The average Bonchev–Trinajstić information content (AvgIpc) is 2.79. The number of halogens is 1. The minimum atomic E-state index is -3.66. The first-order valence-electron chi connectivity index (χ1n) is 10.4. The van der Waals surface area contributed by atoms with Crippen molar-refractivity contribution in [3.63, 3.8) is 0 Å². The van der Waals surface area contributed by atoms with Crippen LogP contribution < -0.4 is 19.5 Å². The first-order chi connectivity index (χ1) is 15.3. The fourth-order valence-electron chi connectivity index (χ4n) is 3.20. The molecule has 0 aliphatic carbocycles. The van der Waals surface area contributed by atoms with Crippen LogP contribution in [0.3, 0.4) is 0 Å². The summed E-state index contributed by atoms with van der Waals surface area (Å²) < 4.78 is 51.4. The number of aliphatic hydroxyl groups excluding tert-OH is 1. The molecule has 1 atom stereocenters. The molecule has 1 heterocycles. The van der Waals surface area contributed by atoms with Gasteiger partial charge < -0.3 is 19.9 Å². The molecule has 1 aliphatic rings. The highest BCUT2D eigenvalue weighted by molar-refractivity contribution is 7.89. The molecule has 3 rings (SSSR count). The summed E-state index contributed by atoms with van der Waals surface area (Å²) in [6.45, 7) is 1.05. The maximum absolute atomic E-state index is 13.2. The van der Waals surface area contributed by atoms with Gasteiger partial charge in [-0.25, -0.2) is 17.5 Å². The molecule has 2 aromatic carbocycles. The van der Waals surface area contributed by atoms with Gasteiger partial charge in [0.15, 0.2) is 11.5 Å². The lowest BCUT2D eigenvalue weighted by Gasteiger charge is -2.18. The lowest BCUT2D eigenvalue weighted by molar-refractivity contribution is -0.121. The number of unbranched alkanes of at least 4 members (excludes halogenated alkanes) is 2. The number of benzene rings is 2. The van der Waals surface area contributed by atoms with E-state index < -0.39 is 21.9 Å². The lowest BCUT2D eigenvalue weighted by Crippen LogP contribution is -2.28. The van der Waals surface area contributed by atoms with Crippen molar-refractivity contribution in [2.45, 2.75) is 36.7 Å². The van der Waals surface area contributed by atoms with Crippen LogP contribution in [0.1, 0.15) is 37.4 Å². The Morgan fingerprint density at radius 3 is 2.62 bits per heavy atom. The van der Waals surface area contributed by atoms with Crippen LogP contribution in [0.2, 0.25) is 0 Å². The predicted octanol–water partition coefficient (Wildman–Crippen LogP) is 2.29. The third-order valence-corrected chi connectivity index (χ3v) is 6.38. The molecule has 10 heteroatoms. The summed E-state index contributed by atoms with van der Waals surface area (Å²) >= 11 is 0. The van der Waals surface area contributed by atoms with Crippen LogP contribution >= 0.6 is 0 Å². The van der Waals surface area contributed by atoms with Crippen LogP contribution in [0.15, 0.2) is 47.4 Å². The normalized spacial score (nSPS) is 14.1. The number of rotatable bonds is 11. The number of nitrogens with one attached hydrogen (secondary N) is 2. The molecule has 174 valence electrons. The SMILES string of the molecule is O=C(CCCCCNS(=O)(=O)c1ccc2c(c1)OCCO2)NCC(O)c1cccc(F)c1. The van der Waals surface area contributed by atoms with Crippen molar-refractivity contribution in [1.82, 2.24) is 10.0 Å². The van der Waals surface area contributed by atoms with Crippen molar-refractivity contribution in [2.24, 2.45) is 0 Å². The summed E-state index contributed by atoms with van der Waals surface area (Å²) in [5.41, 5.74) is 0.399. The van der Waals surface area contributed by atoms with Crippen LogP contribution in [-0.4, -0.2) is 45.7 Å². The largest absolute Gasteiger partial charge is 0.486 e.